The van der Waals surface area contributed by atoms with Gasteiger partial charge in [-0.2, -0.15) is 0 Å². The highest BCUT2D eigenvalue weighted by atomic mass is 32.1. The predicted octanol–water partition coefficient (Wildman–Crippen LogP) is 2.95. The number of benzene rings is 1. The Morgan fingerprint density at radius 1 is 1.31 bits per heavy atom. The van der Waals surface area contributed by atoms with Gasteiger partial charge in [-0.1, -0.05) is 24.3 Å². The molecule has 1 aliphatic rings. The Bertz CT molecular complexity index is 1160. The normalized spacial score (nSPS) is 15.7. The average Bonchev–Trinajstić information content (AvgIpc) is 3.03. The first kappa shape index (κ1) is 19.3. The van der Waals surface area contributed by atoms with Crippen LogP contribution in [-0.4, -0.2) is 28.5 Å². The Labute approximate surface area is 171 Å². The Hall–Kier alpha value is -3.00. The Morgan fingerprint density at radius 2 is 2.10 bits per heavy atom. The molecule has 1 atom stereocenters. The summed E-state index contributed by atoms with van der Waals surface area (Å²) in [6.45, 7) is 3.00. The Kier molecular flexibility index (Phi) is 5.19. The van der Waals surface area contributed by atoms with E-state index >= 15 is 0 Å². The molecule has 0 spiro atoms. The average molecular weight is 411 g/mol. The summed E-state index contributed by atoms with van der Waals surface area (Å²) >= 11 is 1.10. The number of hydrogen-bond acceptors (Lipinski definition) is 6. The van der Waals surface area contributed by atoms with E-state index in [1.807, 2.05) is 18.2 Å². The molecule has 3 aromatic rings. The van der Waals surface area contributed by atoms with Gasteiger partial charge < -0.3 is 15.0 Å². The van der Waals surface area contributed by atoms with Crippen LogP contribution >= 0.6 is 11.3 Å². The highest BCUT2D eigenvalue weighted by Crippen LogP contribution is 2.30. The number of aromatic nitrogens is 2. The zero-order valence-electron chi connectivity index (χ0n) is 16.2. The van der Waals surface area contributed by atoms with Crippen LogP contribution in [0.2, 0.25) is 0 Å². The summed E-state index contributed by atoms with van der Waals surface area (Å²) in [5.41, 5.74) is 2.61. The zero-order chi connectivity index (χ0) is 20.5. The summed E-state index contributed by atoms with van der Waals surface area (Å²) in [5.74, 6) is -0.483. The topological polar surface area (TPSA) is 101 Å². The number of esters is 1. The lowest BCUT2D eigenvalue weighted by Gasteiger charge is -2.26. The number of carbonyl (C=O) groups is 2. The Morgan fingerprint density at radius 3 is 2.93 bits per heavy atom. The van der Waals surface area contributed by atoms with Crippen molar-refractivity contribution < 1.29 is 14.3 Å². The summed E-state index contributed by atoms with van der Waals surface area (Å²) in [6.07, 6.45) is 2.87. The molecule has 1 amide bonds. The van der Waals surface area contributed by atoms with Crippen LogP contribution in [0, 0.1) is 13.8 Å². The first-order valence-electron chi connectivity index (χ1n) is 9.48. The number of amides is 1. The maximum atomic E-state index is 12.5. The van der Waals surface area contributed by atoms with E-state index in [-0.39, 0.29) is 24.1 Å². The van der Waals surface area contributed by atoms with Crippen molar-refractivity contribution in [2.24, 2.45) is 0 Å². The van der Waals surface area contributed by atoms with Crippen molar-refractivity contribution in [1.29, 1.82) is 0 Å². The third kappa shape index (κ3) is 3.80. The molecule has 0 saturated carbocycles. The lowest BCUT2D eigenvalue weighted by atomic mass is 9.88. The van der Waals surface area contributed by atoms with Gasteiger partial charge in [0.05, 0.1) is 11.4 Å². The van der Waals surface area contributed by atoms with Gasteiger partial charge in [0.1, 0.15) is 15.5 Å². The number of aromatic amines is 1. The van der Waals surface area contributed by atoms with Gasteiger partial charge in [-0.15, -0.1) is 11.3 Å². The first-order chi connectivity index (χ1) is 13.9. The third-order valence-corrected chi connectivity index (χ3v) is 6.31. The van der Waals surface area contributed by atoms with Crippen molar-refractivity contribution in [3.05, 3.63) is 62.0 Å². The molecule has 1 aromatic carbocycles. The van der Waals surface area contributed by atoms with E-state index in [0.717, 1.165) is 36.2 Å². The number of nitrogens with one attached hydrogen (secondary N) is 2. The number of aryl methyl sites for hydroxylation is 3. The van der Waals surface area contributed by atoms with E-state index in [0.29, 0.717) is 26.5 Å². The van der Waals surface area contributed by atoms with Crippen LogP contribution < -0.4 is 10.9 Å². The summed E-state index contributed by atoms with van der Waals surface area (Å²) in [6, 6.07) is 8.00. The molecular weight excluding hydrogens is 390 g/mol. The van der Waals surface area contributed by atoms with E-state index in [2.05, 4.69) is 21.4 Å². The van der Waals surface area contributed by atoms with E-state index in [9.17, 15) is 14.4 Å². The maximum Gasteiger partial charge on any atom is 0.349 e. The zero-order valence-corrected chi connectivity index (χ0v) is 17.0. The van der Waals surface area contributed by atoms with Gasteiger partial charge in [0.25, 0.3) is 11.5 Å². The second kappa shape index (κ2) is 7.79. The molecule has 2 heterocycles. The predicted molar refractivity (Wildman–Crippen MR) is 110 cm³/mol. The number of thiophene rings is 1. The minimum Gasteiger partial charge on any atom is -0.451 e. The van der Waals surface area contributed by atoms with Crippen LogP contribution in [0.25, 0.3) is 10.2 Å². The van der Waals surface area contributed by atoms with Gasteiger partial charge in [0, 0.05) is 0 Å². The van der Waals surface area contributed by atoms with Gasteiger partial charge in [-0.05, 0) is 49.8 Å². The minimum atomic E-state index is -0.623. The fourth-order valence-corrected chi connectivity index (χ4v) is 4.90. The molecule has 0 saturated heterocycles. The first-order valence-corrected chi connectivity index (χ1v) is 10.3. The molecule has 4 rings (SSSR count). The summed E-state index contributed by atoms with van der Waals surface area (Å²) in [5, 5.41) is 3.34. The van der Waals surface area contributed by atoms with E-state index in [4.69, 9.17) is 4.74 Å². The lowest BCUT2D eigenvalue weighted by Crippen LogP contribution is -2.34. The fraction of sp³-hybridized carbons (Fsp3) is 0.333. The number of nitrogens with zero attached hydrogens (tertiary/aromatic N) is 1. The largest absolute Gasteiger partial charge is 0.451 e. The van der Waals surface area contributed by atoms with Crippen LogP contribution in [0.3, 0.4) is 0 Å². The molecule has 2 N–H and O–H groups in total. The molecule has 1 aliphatic carbocycles. The van der Waals surface area contributed by atoms with E-state index in [1.165, 1.54) is 5.56 Å². The minimum absolute atomic E-state index is 0.0667. The number of rotatable bonds is 4. The highest BCUT2D eigenvalue weighted by molar-refractivity contribution is 7.20. The molecule has 0 radical (unpaired) electrons. The standard InChI is InChI=1S/C21H21N3O4S/c1-11-17-19(26)22-12(2)23-20(17)29-18(11)21(27)28-10-16(25)24-15-9-5-7-13-6-3-4-8-14(13)15/h3-4,6,8,15H,5,7,9-10H2,1-2H3,(H,24,25)(H,22,23,26)/t15-/m1/s1. The number of H-pyrrole nitrogens is 1. The molecule has 8 heteroatoms. The van der Waals surface area contributed by atoms with Gasteiger partial charge in [0.2, 0.25) is 0 Å². The van der Waals surface area contributed by atoms with Crippen molar-refractivity contribution in [3.63, 3.8) is 0 Å². The highest BCUT2D eigenvalue weighted by Gasteiger charge is 2.23. The van der Waals surface area contributed by atoms with Crippen molar-refractivity contribution in [2.45, 2.75) is 39.2 Å². The molecule has 150 valence electrons. The van der Waals surface area contributed by atoms with Crippen LogP contribution in [-0.2, 0) is 16.0 Å². The molecular formula is C21H21N3O4S. The van der Waals surface area contributed by atoms with Gasteiger partial charge in [-0.25, -0.2) is 9.78 Å². The molecule has 29 heavy (non-hydrogen) atoms. The molecule has 0 unspecified atom stereocenters. The summed E-state index contributed by atoms with van der Waals surface area (Å²) in [4.78, 5) is 44.7. The SMILES string of the molecule is Cc1nc2sc(C(=O)OCC(=O)N[C@@H]3CCCc4ccccc43)c(C)c2c(=O)[nH]1. The molecule has 0 bridgehead atoms. The van der Waals surface area contributed by atoms with Crippen LogP contribution in [0.4, 0.5) is 0 Å². The summed E-state index contributed by atoms with van der Waals surface area (Å²) < 4.78 is 5.22. The fourth-order valence-electron chi connectivity index (χ4n) is 3.78. The second-order valence-electron chi connectivity index (χ2n) is 7.17. The van der Waals surface area contributed by atoms with E-state index < -0.39 is 5.97 Å². The number of hydrogen-bond donors (Lipinski definition) is 2. The lowest BCUT2D eigenvalue weighted by molar-refractivity contribution is -0.125. The monoisotopic (exact) mass is 411 g/mol. The quantitative estimate of drug-likeness (QED) is 0.643. The van der Waals surface area contributed by atoms with Gasteiger partial charge >= 0.3 is 5.97 Å². The second-order valence-corrected chi connectivity index (χ2v) is 8.17. The van der Waals surface area contributed by atoms with E-state index in [1.54, 1.807) is 13.8 Å². The van der Waals surface area contributed by atoms with Gasteiger partial charge in [0.15, 0.2) is 6.61 Å². The Balaban J connectivity index is 1.43. The maximum absolute atomic E-state index is 12.5. The van der Waals surface area contributed by atoms with Crippen LogP contribution in [0.1, 0.15) is 51.1 Å². The van der Waals surface area contributed by atoms with Crippen molar-refractivity contribution in [2.75, 3.05) is 6.61 Å². The molecule has 0 fully saturated rings. The number of carbonyl (C=O) groups excluding carboxylic acids is 2. The molecule has 2 aromatic heterocycles. The van der Waals surface area contributed by atoms with Crippen LogP contribution in [0.5, 0.6) is 0 Å². The van der Waals surface area contributed by atoms with Crippen LogP contribution in [0.15, 0.2) is 29.1 Å². The van der Waals surface area contributed by atoms with Gasteiger partial charge in [-0.3, -0.25) is 9.59 Å². The van der Waals surface area contributed by atoms with Crippen molar-refractivity contribution in [1.82, 2.24) is 15.3 Å². The molecule has 7 nitrogen and oxygen atoms in total. The van der Waals surface area contributed by atoms with Crippen molar-refractivity contribution >= 4 is 33.4 Å². The molecule has 0 aliphatic heterocycles. The smallest absolute Gasteiger partial charge is 0.349 e. The number of fused-ring (bicyclic) bond motifs is 2. The third-order valence-electron chi connectivity index (χ3n) is 5.14. The summed E-state index contributed by atoms with van der Waals surface area (Å²) in [7, 11) is 0. The van der Waals surface area contributed by atoms with Crippen molar-refractivity contribution in [3.8, 4) is 0 Å². The number of ether oxygens (including phenoxy) is 1.